The first kappa shape index (κ1) is 52.7. The Balaban J connectivity index is 0.000000868. The van der Waals surface area contributed by atoms with E-state index in [1.54, 1.807) is 13.8 Å². The van der Waals surface area contributed by atoms with Gasteiger partial charge in [-0.25, -0.2) is 0 Å². The van der Waals surface area contributed by atoms with Gasteiger partial charge in [-0.3, -0.25) is 9.59 Å². The molecule has 2 fully saturated rings. The Morgan fingerprint density at radius 2 is 1.09 bits per heavy atom. The fourth-order valence-corrected chi connectivity index (χ4v) is 9.00. The van der Waals surface area contributed by atoms with E-state index in [0.717, 1.165) is 19.1 Å². The Bertz CT molecular complexity index is 1450. The fourth-order valence-electron chi connectivity index (χ4n) is 9.00. The van der Waals surface area contributed by atoms with Crippen molar-refractivity contribution in [2.24, 2.45) is 10.8 Å². The van der Waals surface area contributed by atoms with Crippen LogP contribution in [0.4, 0.5) is 0 Å². The molecule has 2 aromatic rings. The van der Waals surface area contributed by atoms with Crippen LogP contribution in [-0.2, 0) is 25.2 Å². The third kappa shape index (κ3) is 15.2. The number of fused-ring (bicyclic) bond motifs is 4. The van der Waals surface area contributed by atoms with Crippen molar-refractivity contribution in [2.75, 3.05) is 19.6 Å². The molecule has 2 atom stereocenters. The maximum absolute atomic E-state index is 11.6. The molecule has 8 heteroatoms. The number of hydrogen-bond donors (Lipinski definition) is 2. The number of piperidine rings is 1. The van der Waals surface area contributed by atoms with E-state index < -0.39 is 0 Å². The van der Waals surface area contributed by atoms with Crippen molar-refractivity contribution in [1.82, 2.24) is 15.5 Å². The highest BCUT2D eigenvalue weighted by Gasteiger charge is 2.42. The SMILES string of the molecule is C.C.CC(=O)N[C@H]1CCC2(CCCCC2)c2ccccc21.CC(=O)N[C@H]1CCC2(CCN(CCC(C)(C)C)CC2)c2ccccc21.CC(C)(C)CC=O.S.S. The second-order valence-electron chi connectivity index (χ2n) is 18.5. The van der Waals surface area contributed by atoms with Gasteiger partial charge in [-0.15, -0.1) is 0 Å². The molecule has 2 aromatic carbocycles. The number of nitrogens with one attached hydrogen (secondary N) is 2. The number of rotatable bonds is 5. The van der Waals surface area contributed by atoms with Crippen LogP contribution in [0.1, 0.15) is 188 Å². The molecule has 1 aliphatic heterocycles. The third-order valence-electron chi connectivity index (χ3n) is 11.9. The number of carbonyl (C=O) groups is 3. The number of benzene rings is 2. The average molecular weight is 800 g/mol. The summed E-state index contributed by atoms with van der Waals surface area (Å²) in [5.74, 6) is 0.159. The van der Waals surface area contributed by atoms with Crippen molar-refractivity contribution in [3.8, 4) is 0 Å². The van der Waals surface area contributed by atoms with Crippen LogP contribution in [0.25, 0.3) is 0 Å². The maximum Gasteiger partial charge on any atom is 0.217 e. The van der Waals surface area contributed by atoms with E-state index in [0.29, 0.717) is 22.7 Å². The molecule has 6 nitrogen and oxygen atoms in total. The van der Waals surface area contributed by atoms with Crippen LogP contribution in [0, 0.1) is 10.8 Å². The number of amides is 2. The highest BCUT2D eigenvalue weighted by atomic mass is 32.1. The van der Waals surface area contributed by atoms with Gasteiger partial charge in [-0.05, 0) is 121 Å². The van der Waals surface area contributed by atoms with Gasteiger partial charge in [0.2, 0.25) is 11.8 Å². The molecule has 2 spiro atoms. The first-order chi connectivity index (χ1) is 24.1. The number of nitrogens with zero attached hydrogens (tertiary/aromatic N) is 1. The molecule has 1 saturated carbocycles. The monoisotopic (exact) mass is 800 g/mol. The molecule has 1 heterocycles. The van der Waals surface area contributed by atoms with Gasteiger partial charge in [0.15, 0.2) is 0 Å². The molecular formula is C47H81N3O3S2. The molecule has 0 bridgehead atoms. The normalized spacial score (nSPS) is 20.6. The lowest BCUT2D eigenvalue weighted by Crippen LogP contribution is -2.46. The summed E-state index contributed by atoms with van der Waals surface area (Å²) in [7, 11) is 0. The molecule has 55 heavy (non-hydrogen) atoms. The molecular weight excluding hydrogens is 719 g/mol. The van der Waals surface area contributed by atoms with Crippen molar-refractivity contribution < 1.29 is 14.4 Å². The van der Waals surface area contributed by atoms with Crippen LogP contribution in [0.15, 0.2) is 48.5 Å². The number of aldehydes is 1. The fraction of sp³-hybridized carbons (Fsp3) is 0.681. The van der Waals surface area contributed by atoms with Crippen molar-refractivity contribution in [3.05, 3.63) is 70.8 Å². The van der Waals surface area contributed by atoms with E-state index in [1.165, 1.54) is 106 Å². The zero-order chi connectivity index (χ0) is 37.3. The maximum atomic E-state index is 11.6. The van der Waals surface area contributed by atoms with Crippen LogP contribution < -0.4 is 10.6 Å². The molecule has 1 saturated heterocycles. The van der Waals surface area contributed by atoms with Crippen molar-refractivity contribution in [2.45, 2.75) is 177 Å². The molecule has 0 unspecified atom stereocenters. The number of carbonyl (C=O) groups excluding carboxylic acids is 3. The van der Waals surface area contributed by atoms with Gasteiger partial charge in [0.1, 0.15) is 6.29 Å². The molecule has 2 amide bonds. The average Bonchev–Trinajstić information content (AvgIpc) is 3.07. The lowest BCUT2D eigenvalue weighted by atomic mass is 9.61. The highest BCUT2D eigenvalue weighted by molar-refractivity contribution is 7.59. The Kier molecular flexibility index (Phi) is 22.2. The number of likely N-dealkylation sites (tertiary alicyclic amines) is 1. The molecule has 314 valence electrons. The Labute approximate surface area is 351 Å². The first-order valence-corrected chi connectivity index (χ1v) is 20.0. The van der Waals surface area contributed by atoms with Gasteiger partial charge in [-0.1, -0.05) is 124 Å². The quantitative estimate of drug-likeness (QED) is 0.295. The second-order valence-corrected chi connectivity index (χ2v) is 18.5. The third-order valence-corrected chi connectivity index (χ3v) is 11.9. The summed E-state index contributed by atoms with van der Waals surface area (Å²) in [5.41, 5.74) is 7.06. The van der Waals surface area contributed by atoms with E-state index in [2.05, 4.69) is 84.8 Å². The van der Waals surface area contributed by atoms with Gasteiger partial charge >= 0.3 is 0 Å². The van der Waals surface area contributed by atoms with Gasteiger partial charge in [0.05, 0.1) is 12.1 Å². The zero-order valence-electron chi connectivity index (χ0n) is 34.3. The summed E-state index contributed by atoms with van der Waals surface area (Å²) in [6, 6.07) is 18.0. The summed E-state index contributed by atoms with van der Waals surface area (Å²) >= 11 is 0. The topological polar surface area (TPSA) is 78.5 Å². The molecule has 3 aliphatic carbocycles. The van der Waals surface area contributed by atoms with Crippen LogP contribution >= 0.6 is 27.0 Å². The lowest BCUT2D eigenvalue weighted by Gasteiger charge is -2.47. The summed E-state index contributed by atoms with van der Waals surface area (Å²) in [5, 5.41) is 6.28. The summed E-state index contributed by atoms with van der Waals surface area (Å²) in [6.07, 6.45) is 16.7. The van der Waals surface area contributed by atoms with Crippen molar-refractivity contribution >= 4 is 45.1 Å². The zero-order valence-corrected chi connectivity index (χ0v) is 36.3. The minimum Gasteiger partial charge on any atom is -0.350 e. The van der Waals surface area contributed by atoms with Gasteiger partial charge < -0.3 is 20.3 Å². The van der Waals surface area contributed by atoms with Crippen LogP contribution in [-0.4, -0.2) is 42.6 Å². The molecule has 4 aliphatic rings. The van der Waals surface area contributed by atoms with Crippen LogP contribution in [0.3, 0.4) is 0 Å². The molecule has 0 aromatic heterocycles. The Hall–Kier alpha value is -2.29. The minimum absolute atomic E-state index is 0. The predicted molar refractivity (Wildman–Crippen MR) is 245 cm³/mol. The lowest BCUT2D eigenvalue weighted by molar-refractivity contribution is -0.120. The summed E-state index contributed by atoms with van der Waals surface area (Å²) in [4.78, 5) is 35.4. The summed E-state index contributed by atoms with van der Waals surface area (Å²) in [6.45, 7) is 20.0. The Morgan fingerprint density at radius 1 is 0.673 bits per heavy atom. The highest BCUT2D eigenvalue weighted by Crippen LogP contribution is 2.50. The molecule has 0 radical (unpaired) electrons. The Morgan fingerprint density at radius 3 is 1.45 bits per heavy atom. The smallest absolute Gasteiger partial charge is 0.217 e. The van der Waals surface area contributed by atoms with E-state index in [1.807, 2.05) is 20.8 Å². The van der Waals surface area contributed by atoms with Gasteiger partial charge in [-0.2, -0.15) is 27.0 Å². The van der Waals surface area contributed by atoms with Crippen LogP contribution in [0.5, 0.6) is 0 Å². The predicted octanol–water partition coefficient (Wildman–Crippen LogP) is 11.4. The minimum atomic E-state index is 0. The van der Waals surface area contributed by atoms with E-state index in [9.17, 15) is 14.4 Å². The van der Waals surface area contributed by atoms with Gasteiger partial charge in [0.25, 0.3) is 0 Å². The van der Waals surface area contributed by atoms with Crippen LogP contribution in [0.2, 0.25) is 0 Å². The van der Waals surface area contributed by atoms with E-state index in [4.69, 9.17) is 0 Å². The largest absolute Gasteiger partial charge is 0.350 e. The number of hydrogen-bond acceptors (Lipinski definition) is 4. The second kappa shape index (κ2) is 23.2. The van der Waals surface area contributed by atoms with Crippen molar-refractivity contribution in [3.63, 3.8) is 0 Å². The standard InChI is InChI=1S/C22H34N2O.C17H23NO.C6H12O.2CH4.2H2S/c1-17(25)23-20-9-10-22(19-8-6-5-7-18(19)20)12-15-24(16-13-22)14-11-21(2,3)4;1-13(19)18-16-9-12-17(10-5-2-6-11-17)15-8-4-3-7-14(15)16;1-6(2,3)4-5-7;;;;/h5-8,20H,9-16H2,1-4H3,(H,23,25);3-4,7-8,16H,2,5-6,9-12H2,1H3,(H,18,19);5H,4H2,1-3H3;2*1H4;2*1H2/t20-;16-;;;;;/m00...../s1. The first-order valence-electron chi connectivity index (χ1n) is 20.0. The van der Waals surface area contributed by atoms with E-state index >= 15 is 0 Å². The molecule has 2 N–H and O–H groups in total. The molecule has 6 rings (SSSR count). The summed E-state index contributed by atoms with van der Waals surface area (Å²) < 4.78 is 0. The van der Waals surface area contributed by atoms with E-state index in [-0.39, 0.29) is 71.2 Å². The van der Waals surface area contributed by atoms with Gasteiger partial charge in [0, 0.05) is 20.3 Å². The van der Waals surface area contributed by atoms with Crippen molar-refractivity contribution in [1.29, 1.82) is 0 Å².